The molecule has 1 heterocycles. The summed E-state index contributed by atoms with van der Waals surface area (Å²) in [5.74, 6) is 1.07. The number of carbonyl (C=O) groups is 1. The highest BCUT2D eigenvalue weighted by Gasteiger charge is 2.17. The summed E-state index contributed by atoms with van der Waals surface area (Å²) in [4.78, 5) is 15.2. The maximum atomic E-state index is 12.2. The molecule has 5 heteroatoms. The fourth-order valence-electron chi connectivity index (χ4n) is 2.24. The lowest BCUT2D eigenvalue weighted by Gasteiger charge is -2.27. The standard InChI is InChI=1S/C15H23N3OS/c1-2-10-20-12-6-7-13(16)14(11-12)17-15(19)18-8-4-3-5-9-18/h6-7,11H,2-5,8-10,16H2,1H3,(H,17,19). The lowest BCUT2D eigenvalue weighted by Crippen LogP contribution is -2.38. The molecule has 0 unspecified atom stereocenters. The van der Waals surface area contributed by atoms with Gasteiger partial charge in [0.1, 0.15) is 0 Å². The van der Waals surface area contributed by atoms with Gasteiger partial charge >= 0.3 is 6.03 Å². The number of nitrogen functional groups attached to an aromatic ring is 1. The topological polar surface area (TPSA) is 58.4 Å². The van der Waals surface area contributed by atoms with Crippen molar-refractivity contribution in [2.24, 2.45) is 0 Å². The van der Waals surface area contributed by atoms with Crippen LogP contribution in [0.2, 0.25) is 0 Å². The van der Waals surface area contributed by atoms with Crippen LogP contribution in [0, 0.1) is 0 Å². The molecule has 1 saturated heterocycles. The van der Waals surface area contributed by atoms with Crippen LogP contribution in [0.25, 0.3) is 0 Å². The van der Waals surface area contributed by atoms with E-state index in [1.165, 1.54) is 6.42 Å². The van der Waals surface area contributed by atoms with Gasteiger partial charge in [0.05, 0.1) is 11.4 Å². The van der Waals surface area contributed by atoms with E-state index < -0.39 is 0 Å². The normalized spacial score (nSPS) is 15.2. The smallest absolute Gasteiger partial charge is 0.321 e. The molecule has 2 amide bonds. The summed E-state index contributed by atoms with van der Waals surface area (Å²) in [6, 6.07) is 5.81. The van der Waals surface area contributed by atoms with Crippen molar-refractivity contribution in [3.63, 3.8) is 0 Å². The molecule has 0 aliphatic carbocycles. The number of anilines is 2. The molecule has 0 saturated carbocycles. The van der Waals surface area contributed by atoms with Crippen LogP contribution >= 0.6 is 11.8 Å². The zero-order valence-electron chi connectivity index (χ0n) is 12.0. The monoisotopic (exact) mass is 293 g/mol. The molecular weight excluding hydrogens is 270 g/mol. The molecule has 1 aliphatic heterocycles. The zero-order chi connectivity index (χ0) is 14.4. The molecule has 1 fully saturated rings. The lowest BCUT2D eigenvalue weighted by molar-refractivity contribution is 0.200. The number of urea groups is 1. The maximum absolute atomic E-state index is 12.2. The van der Waals surface area contributed by atoms with Gasteiger partial charge in [0, 0.05) is 18.0 Å². The van der Waals surface area contributed by atoms with E-state index >= 15 is 0 Å². The summed E-state index contributed by atoms with van der Waals surface area (Å²) in [7, 11) is 0. The van der Waals surface area contributed by atoms with Gasteiger partial charge in [-0.1, -0.05) is 6.92 Å². The lowest BCUT2D eigenvalue weighted by atomic mass is 10.1. The average molecular weight is 293 g/mol. The number of hydrogen-bond donors (Lipinski definition) is 2. The van der Waals surface area contributed by atoms with E-state index in [1.807, 2.05) is 23.1 Å². The fraction of sp³-hybridized carbons (Fsp3) is 0.533. The second kappa shape index (κ2) is 7.43. The Balaban J connectivity index is 2.01. The second-order valence-electron chi connectivity index (χ2n) is 5.08. The molecule has 0 atom stereocenters. The number of amides is 2. The molecule has 3 N–H and O–H groups in total. The zero-order valence-corrected chi connectivity index (χ0v) is 12.8. The maximum Gasteiger partial charge on any atom is 0.321 e. The summed E-state index contributed by atoms with van der Waals surface area (Å²) in [6.07, 6.45) is 4.53. The molecule has 0 aromatic heterocycles. The van der Waals surface area contributed by atoms with E-state index in [0.717, 1.165) is 48.7 Å². The molecule has 0 spiro atoms. The fourth-order valence-corrected chi connectivity index (χ4v) is 3.05. The van der Waals surface area contributed by atoms with Gasteiger partial charge in [0.2, 0.25) is 0 Å². The second-order valence-corrected chi connectivity index (χ2v) is 6.24. The van der Waals surface area contributed by atoms with Crippen molar-refractivity contribution in [1.29, 1.82) is 0 Å². The minimum absolute atomic E-state index is 0.0333. The summed E-state index contributed by atoms with van der Waals surface area (Å²) < 4.78 is 0. The highest BCUT2D eigenvalue weighted by molar-refractivity contribution is 7.99. The number of hydrogen-bond acceptors (Lipinski definition) is 3. The largest absolute Gasteiger partial charge is 0.397 e. The average Bonchev–Trinajstić information content (AvgIpc) is 2.49. The van der Waals surface area contributed by atoms with E-state index in [2.05, 4.69) is 12.2 Å². The molecule has 0 bridgehead atoms. The highest BCUT2D eigenvalue weighted by Crippen LogP contribution is 2.27. The molecular formula is C15H23N3OS. The van der Waals surface area contributed by atoms with E-state index in [4.69, 9.17) is 5.73 Å². The van der Waals surface area contributed by atoms with E-state index in [0.29, 0.717) is 5.69 Å². The third kappa shape index (κ3) is 4.07. The summed E-state index contributed by atoms with van der Waals surface area (Å²) in [5, 5.41) is 2.95. The minimum atomic E-state index is -0.0333. The Kier molecular flexibility index (Phi) is 5.59. The van der Waals surface area contributed by atoms with Crippen molar-refractivity contribution in [1.82, 2.24) is 4.90 Å². The Hall–Kier alpha value is -1.36. The van der Waals surface area contributed by atoms with Crippen LogP contribution in [0.1, 0.15) is 32.6 Å². The van der Waals surface area contributed by atoms with Crippen LogP contribution in [-0.2, 0) is 0 Å². The number of carbonyl (C=O) groups excluding carboxylic acids is 1. The van der Waals surface area contributed by atoms with E-state index in [1.54, 1.807) is 11.8 Å². The van der Waals surface area contributed by atoms with Crippen LogP contribution in [0.15, 0.2) is 23.1 Å². The minimum Gasteiger partial charge on any atom is -0.397 e. The Labute approximate surface area is 125 Å². The Morgan fingerprint density at radius 3 is 2.80 bits per heavy atom. The van der Waals surface area contributed by atoms with Gasteiger partial charge in [-0.05, 0) is 49.6 Å². The molecule has 0 radical (unpaired) electrons. The van der Waals surface area contributed by atoms with Gasteiger partial charge in [0.15, 0.2) is 0 Å². The van der Waals surface area contributed by atoms with Crippen LogP contribution in [0.3, 0.4) is 0 Å². The van der Waals surface area contributed by atoms with Gasteiger partial charge < -0.3 is 16.0 Å². The molecule has 20 heavy (non-hydrogen) atoms. The Morgan fingerprint density at radius 2 is 2.10 bits per heavy atom. The van der Waals surface area contributed by atoms with Gasteiger partial charge in [-0.25, -0.2) is 4.79 Å². The Morgan fingerprint density at radius 1 is 1.35 bits per heavy atom. The van der Waals surface area contributed by atoms with Crippen LogP contribution < -0.4 is 11.1 Å². The van der Waals surface area contributed by atoms with Crippen molar-refractivity contribution in [3.05, 3.63) is 18.2 Å². The molecule has 4 nitrogen and oxygen atoms in total. The molecule has 1 aromatic carbocycles. The third-order valence-electron chi connectivity index (χ3n) is 3.38. The molecule has 1 aliphatic rings. The first kappa shape index (κ1) is 15.0. The summed E-state index contributed by atoms with van der Waals surface area (Å²) in [5.41, 5.74) is 7.30. The summed E-state index contributed by atoms with van der Waals surface area (Å²) >= 11 is 1.79. The molecule has 2 rings (SSSR count). The Bertz CT molecular complexity index is 458. The number of benzene rings is 1. The van der Waals surface area contributed by atoms with Gasteiger partial charge in [-0.15, -0.1) is 11.8 Å². The van der Waals surface area contributed by atoms with Crippen molar-refractivity contribution in [2.75, 3.05) is 29.9 Å². The van der Waals surface area contributed by atoms with E-state index in [9.17, 15) is 4.79 Å². The predicted molar refractivity (Wildman–Crippen MR) is 86.3 cm³/mol. The van der Waals surface area contributed by atoms with Crippen molar-refractivity contribution < 1.29 is 4.79 Å². The molecule has 110 valence electrons. The van der Waals surface area contributed by atoms with Gasteiger partial charge in [-0.2, -0.15) is 0 Å². The predicted octanol–water partition coefficient (Wildman–Crippen LogP) is 3.79. The first-order chi connectivity index (χ1) is 9.70. The first-order valence-electron chi connectivity index (χ1n) is 7.29. The van der Waals surface area contributed by atoms with Crippen molar-refractivity contribution in [2.45, 2.75) is 37.5 Å². The molecule has 1 aromatic rings. The number of thioether (sulfide) groups is 1. The number of rotatable bonds is 4. The van der Waals surface area contributed by atoms with Crippen LogP contribution in [0.5, 0.6) is 0 Å². The third-order valence-corrected chi connectivity index (χ3v) is 4.58. The number of nitrogens with one attached hydrogen (secondary N) is 1. The summed E-state index contributed by atoms with van der Waals surface area (Å²) in [6.45, 7) is 3.84. The van der Waals surface area contributed by atoms with E-state index in [-0.39, 0.29) is 6.03 Å². The number of nitrogens with zero attached hydrogens (tertiary/aromatic N) is 1. The SMILES string of the molecule is CCCSc1ccc(N)c(NC(=O)N2CCCCC2)c1. The van der Waals surface area contributed by atoms with Crippen LogP contribution in [0.4, 0.5) is 16.2 Å². The first-order valence-corrected chi connectivity index (χ1v) is 8.27. The van der Waals surface area contributed by atoms with Crippen molar-refractivity contribution >= 4 is 29.2 Å². The number of piperidine rings is 1. The van der Waals surface area contributed by atoms with Gasteiger partial charge in [0.25, 0.3) is 0 Å². The quantitative estimate of drug-likeness (QED) is 0.656. The number of likely N-dealkylation sites (tertiary alicyclic amines) is 1. The van der Waals surface area contributed by atoms with Crippen LogP contribution in [-0.4, -0.2) is 29.8 Å². The number of nitrogens with two attached hydrogens (primary N) is 1. The van der Waals surface area contributed by atoms with Gasteiger partial charge in [-0.3, -0.25) is 0 Å². The highest BCUT2D eigenvalue weighted by atomic mass is 32.2. The van der Waals surface area contributed by atoms with Crippen molar-refractivity contribution in [3.8, 4) is 0 Å².